The second-order valence-corrected chi connectivity index (χ2v) is 22.3. The van der Waals surface area contributed by atoms with Gasteiger partial charge in [0.25, 0.3) is 0 Å². The number of carbonyl (C=O) groups is 3. The van der Waals surface area contributed by atoms with Gasteiger partial charge in [-0.3, -0.25) is 14.4 Å². The van der Waals surface area contributed by atoms with Crippen LogP contribution in [0.15, 0.2) is 122 Å². The van der Waals surface area contributed by atoms with E-state index >= 15 is 0 Å². The molecule has 0 spiro atoms. The average Bonchev–Trinajstić information content (AvgIpc) is 3.47. The smallest absolute Gasteiger partial charge is 0.306 e. The molecule has 0 heterocycles. The maximum atomic E-state index is 12.9. The first-order valence-corrected chi connectivity index (χ1v) is 34.0. The average molecular weight is 1120 g/mol. The Labute approximate surface area is 501 Å². The first kappa shape index (κ1) is 76.8. The molecule has 1 atom stereocenters. The molecule has 81 heavy (non-hydrogen) atoms. The van der Waals surface area contributed by atoms with Crippen LogP contribution in [-0.2, 0) is 28.6 Å². The van der Waals surface area contributed by atoms with Crippen molar-refractivity contribution in [2.45, 2.75) is 322 Å². The Morgan fingerprint density at radius 3 is 0.840 bits per heavy atom. The highest BCUT2D eigenvalue weighted by Crippen LogP contribution is 2.16. The van der Waals surface area contributed by atoms with Crippen molar-refractivity contribution in [3.8, 4) is 0 Å². The predicted molar refractivity (Wildman–Crippen MR) is 353 cm³/mol. The van der Waals surface area contributed by atoms with Crippen molar-refractivity contribution in [2.75, 3.05) is 13.2 Å². The molecule has 0 aliphatic rings. The number of rotatable bonds is 61. The fraction of sp³-hybridized carbons (Fsp3) is 0.693. The molecule has 0 radical (unpaired) electrons. The van der Waals surface area contributed by atoms with Crippen molar-refractivity contribution in [1.82, 2.24) is 0 Å². The maximum Gasteiger partial charge on any atom is 0.306 e. The fourth-order valence-electron chi connectivity index (χ4n) is 9.35. The van der Waals surface area contributed by atoms with Gasteiger partial charge in [0.05, 0.1) is 0 Å². The van der Waals surface area contributed by atoms with E-state index in [1.54, 1.807) is 0 Å². The Morgan fingerprint density at radius 1 is 0.259 bits per heavy atom. The van der Waals surface area contributed by atoms with Crippen molar-refractivity contribution in [3.05, 3.63) is 122 Å². The van der Waals surface area contributed by atoms with Gasteiger partial charge in [-0.05, 0) is 122 Å². The van der Waals surface area contributed by atoms with E-state index < -0.39 is 6.10 Å². The largest absolute Gasteiger partial charge is 0.462 e. The topological polar surface area (TPSA) is 78.9 Å². The van der Waals surface area contributed by atoms with Gasteiger partial charge in [0.2, 0.25) is 0 Å². The molecule has 0 rings (SSSR count). The summed E-state index contributed by atoms with van der Waals surface area (Å²) in [6.07, 6.45) is 95.1. The summed E-state index contributed by atoms with van der Waals surface area (Å²) in [5, 5.41) is 0. The molecule has 0 fully saturated rings. The lowest BCUT2D eigenvalue weighted by Gasteiger charge is -2.18. The van der Waals surface area contributed by atoms with Crippen LogP contribution in [0.5, 0.6) is 0 Å². The van der Waals surface area contributed by atoms with E-state index in [-0.39, 0.29) is 37.5 Å². The van der Waals surface area contributed by atoms with Gasteiger partial charge in [-0.25, -0.2) is 0 Å². The lowest BCUT2D eigenvalue weighted by atomic mass is 10.0. The molecule has 0 aromatic rings. The maximum absolute atomic E-state index is 12.9. The van der Waals surface area contributed by atoms with E-state index in [0.717, 1.165) is 103 Å². The molecule has 0 saturated heterocycles. The normalized spacial score (nSPS) is 12.9. The van der Waals surface area contributed by atoms with Gasteiger partial charge in [0.15, 0.2) is 6.10 Å². The minimum absolute atomic E-state index is 0.109. The van der Waals surface area contributed by atoms with Gasteiger partial charge in [0, 0.05) is 19.3 Å². The van der Waals surface area contributed by atoms with Crippen molar-refractivity contribution < 1.29 is 28.6 Å². The lowest BCUT2D eigenvalue weighted by molar-refractivity contribution is -0.166. The van der Waals surface area contributed by atoms with Gasteiger partial charge >= 0.3 is 17.9 Å². The SMILES string of the molecule is CC/C=C\C/C=C\C/C=C\C/C=C\C/C=C\C/C=C\CCC(=O)OCC(COC(=O)CCCCCCCCCCCCC/C=C\CCCCCCCCCC)OC(=O)CCCCCCCC/C=C\C/C=C\C/C=C\CCCCCCC. The standard InChI is InChI=1S/C75H126O6/c1-4-7-10-13-16-19-22-25-28-31-34-36-37-39-41-44-47-50-53-56-59-62-65-68-74(77)80-71-72(70-79-73(76)67-64-61-58-55-52-49-46-43-40-33-30-27-24-21-18-15-12-9-6-3)81-75(78)69-66-63-60-57-54-51-48-45-42-38-35-32-29-26-23-20-17-14-11-8-5-2/h9,12,18,21,23,26-27,30-32,34-35,40,42-43,45,49,52,58,61,72H,4-8,10-11,13-17,19-20,22,24-25,28-29,33,36-39,41,44,46-48,50-51,53-57,59-60,62-71H2,1-3H3/b12-9-,21-18-,26-23-,30-27-,34-31-,35-32-,43-40-,45-42-,52-49-,61-58-. The van der Waals surface area contributed by atoms with Crippen LogP contribution < -0.4 is 0 Å². The Balaban J connectivity index is 4.49. The molecule has 0 aliphatic carbocycles. The Hall–Kier alpha value is -4.19. The third-order valence-corrected chi connectivity index (χ3v) is 14.4. The summed E-state index contributed by atoms with van der Waals surface area (Å²) in [5.41, 5.74) is 0. The predicted octanol–water partition coefficient (Wildman–Crippen LogP) is 23.6. The lowest BCUT2D eigenvalue weighted by Crippen LogP contribution is -2.30. The Bertz CT molecular complexity index is 1670. The second-order valence-electron chi connectivity index (χ2n) is 22.3. The monoisotopic (exact) mass is 1120 g/mol. The molecule has 0 saturated carbocycles. The molecular weight excluding hydrogens is 997 g/mol. The van der Waals surface area contributed by atoms with E-state index in [0.29, 0.717) is 19.3 Å². The summed E-state index contributed by atoms with van der Waals surface area (Å²) < 4.78 is 16.9. The molecule has 0 amide bonds. The van der Waals surface area contributed by atoms with Crippen molar-refractivity contribution in [2.24, 2.45) is 0 Å². The zero-order valence-electron chi connectivity index (χ0n) is 53.0. The molecule has 0 bridgehead atoms. The number of allylic oxidation sites excluding steroid dienone is 20. The van der Waals surface area contributed by atoms with Gasteiger partial charge in [-0.15, -0.1) is 0 Å². The number of hydrogen-bond acceptors (Lipinski definition) is 6. The molecular formula is C75H126O6. The van der Waals surface area contributed by atoms with Crippen LogP contribution in [0.2, 0.25) is 0 Å². The van der Waals surface area contributed by atoms with Gasteiger partial charge < -0.3 is 14.2 Å². The highest BCUT2D eigenvalue weighted by molar-refractivity contribution is 5.71. The minimum atomic E-state index is -0.822. The molecule has 6 nitrogen and oxygen atoms in total. The van der Waals surface area contributed by atoms with Crippen LogP contribution in [0.4, 0.5) is 0 Å². The quantitative estimate of drug-likeness (QED) is 0.0261. The number of esters is 3. The van der Waals surface area contributed by atoms with Crippen LogP contribution in [-0.4, -0.2) is 37.2 Å². The molecule has 0 aromatic heterocycles. The van der Waals surface area contributed by atoms with Gasteiger partial charge in [-0.2, -0.15) is 0 Å². The summed E-state index contributed by atoms with van der Waals surface area (Å²) in [7, 11) is 0. The van der Waals surface area contributed by atoms with Crippen molar-refractivity contribution >= 4 is 17.9 Å². The van der Waals surface area contributed by atoms with Gasteiger partial charge in [0.1, 0.15) is 13.2 Å². The first-order chi connectivity index (χ1) is 40.0. The number of unbranched alkanes of at least 4 members (excludes halogenated alkanes) is 30. The molecule has 0 N–H and O–H groups in total. The summed E-state index contributed by atoms with van der Waals surface area (Å²) in [6.45, 7) is 6.47. The number of hydrogen-bond donors (Lipinski definition) is 0. The summed E-state index contributed by atoms with van der Waals surface area (Å²) in [6, 6.07) is 0. The minimum Gasteiger partial charge on any atom is -0.462 e. The molecule has 6 heteroatoms. The third kappa shape index (κ3) is 66.5. The van der Waals surface area contributed by atoms with Crippen molar-refractivity contribution in [3.63, 3.8) is 0 Å². The number of ether oxygens (including phenoxy) is 3. The molecule has 0 aromatic carbocycles. The zero-order chi connectivity index (χ0) is 58.5. The van der Waals surface area contributed by atoms with E-state index in [4.69, 9.17) is 14.2 Å². The fourth-order valence-corrected chi connectivity index (χ4v) is 9.35. The van der Waals surface area contributed by atoms with E-state index in [2.05, 4.69) is 136 Å². The van der Waals surface area contributed by atoms with E-state index in [1.807, 2.05) is 6.08 Å². The van der Waals surface area contributed by atoms with Crippen LogP contribution >= 0.6 is 0 Å². The summed E-state index contributed by atoms with van der Waals surface area (Å²) in [5.74, 6) is -1.00. The Kier molecular flexibility index (Phi) is 64.8. The number of carbonyl (C=O) groups excluding carboxylic acids is 3. The zero-order valence-corrected chi connectivity index (χ0v) is 53.0. The van der Waals surface area contributed by atoms with Gasteiger partial charge in [-0.1, -0.05) is 296 Å². The molecule has 462 valence electrons. The van der Waals surface area contributed by atoms with Crippen LogP contribution in [0.25, 0.3) is 0 Å². The third-order valence-electron chi connectivity index (χ3n) is 14.4. The summed E-state index contributed by atoms with van der Waals surface area (Å²) in [4.78, 5) is 38.4. The van der Waals surface area contributed by atoms with E-state index in [1.165, 1.54) is 167 Å². The van der Waals surface area contributed by atoms with Crippen LogP contribution in [0.3, 0.4) is 0 Å². The van der Waals surface area contributed by atoms with Crippen molar-refractivity contribution in [1.29, 1.82) is 0 Å². The molecule has 1 unspecified atom stereocenters. The Morgan fingerprint density at radius 2 is 0.506 bits per heavy atom. The highest BCUT2D eigenvalue weighted by Gasteiger charge is 2.19. The van der Waals surface area contributed by atoms with Crippen LogP contribution in [0, 0.1) is 0 Å². The molecule has 0 aliphatic heterocycles. The highest BCUT2D eigenvalue weighted by atomic mass is 16.6. The second kappa shape index (κ2) is 68.3. The summed E-state index contributed by atoms with van der Waals surface area (Å²) >= 11 is 0. The van der Waals surface area contributed by atoms with Crippen LogP contribution in [0.1, 0.15) is 316 Å². The van der Waals surface area contributed by atoms with E-state index in [9.17, 15) is 14.4 Å². The first-order valence-electron chi connectivity index (χ1n) is 34.0.